The van der Waals surface area contributed by atoms with Crippen molar-refractivity contribution >= 4 is 93.1 Å². The minimum Gasteiger partial charge on any atom is -0.455 e. The second-order valence-electron chi connectivity index (χ2n) is 16.5. The molecule has 0 saturated carbocycles. The number of furan rings is 1. The van der Waals surface area contributed by atoms with E-state index in [1.165, 1.54) is 59.9 Å². The fourth-order valence-corrected chi connectivity index (χ4v) is 10.1. The van der Waals surface area contributed by atoms with Gasteiger partial charge in [-0.15, -0.1) is 0 Å². The van der Waals surface area contributed by atoms with E-state index in [9.17, 15) is 0 Å². The number of benzene rings is 11. The summed E-state index contributed by atoms with van der Waals surface area (Å²) >= 11 is 0. The summed E-state index contributed by atoms with van der Waals surface area (Å²) in [7, 11) is 0. The molecule has 63 heavy (non-hydrogen) atoms. The van der Waals surface area contributed by atoms with Gasteiger partial charge >= 0.3 is 0 Å². The van der Waals surface area contributed by atoms with E-state index in [0.29, 0.717) is 0 Å². The smallest absolute Gasteiger partial charge is 0.143 e. The SMILES string of the molecule is c1cc(-c2cccc3oc4c5ccccc5ccc4c23)cc(N(c2ccc(-c3cccc4c3ccc3ccccc34)cc2)c2ccc(-n3c4ccccc4c4ccccc43)cc2)c1. The van der Waals surface area contributed by atoms with Crippen LogP contribution in [0.3, 0.4) is 0 Å². The average Bonchev–Trinajstić information content (AvgIpc) is 3.91. The summed E-state index contributed by atoms with van der Waals surface area (Å²) in [4.78, 5) is 2.38. The summed E-state index contributed by atoms with van der Waals surface area (Å²) in [6, 6.07) is 83.5. The Morgan fingerprint density at radius 2 is 0.905 bits per heavy atom. The van der Waals surface area contributed by atoms with Crippen molar-refractivity contribution in [3.05, 3.63) is 231 Å². The van der Waals surface area contributed by atoms with Gasteiger partial charge in [0.2, 0.25) is 0 Å². The Hall–Kier alpha value is -8.40. The van der Waals surface area contributed by atoms with Crippen molar-refractivity contribution in [2.45, 2.75) is 0 Å². The molecule has 0 spiro atoms. The first-order chi connectivity index (χ1) is 31.2. The molecule has 0 aliphatic heterocycles. The molecule has 0 fully saturated rings. The van der Waals surface area contributed by atoms with Gasteiger partial charge in [-0.1, -0.05) is 158 Å². The van der Waals surface area contributed by atoms with E-state index in [4.69, 9.17) is 4.42 Å². The van der Waals surface area contributed by atoms with E-state index in [1.54, 1.807) is 0 Å². The first-order valence-corrected chi connectivity index (χ1v) is 21.6. The Morgan fingerprint density at radius 1 is 0.333 bits per heavy atom. The van der Waals surface area contributed by atoms with Gasteiger partial charge in [0.05, 0.1) is 11.0 Å². The van der Waals surface area contributed by atoms with E-state index in [2.05, 4.69) is 240 Å². The average molecular weight is 803 g/mol. The standard InChI is InChI=1S/C60H38N2O/c1-3-16-47-39(12-1)28-36-52-48(20-10-22-51(47)52)41-26-30-43(31-27-41)61(44-32-34-45(35-33-44)62-56-23-7-5-18-53(56)54-19-6-8-24-57(54)62)46-15-9-14-42(38-46)49-21-11-25-58-59(49)55-37-29-40-13-2-4-17-50(40)60(55)63-58/h1-38H. The second-order valence-corrected chi connectivity index (χ2v) is 16.5. The van der Waals surface area contributed by atoms with Crippen molar-refractivity contribution in [2.75, 3.05) is 4.90 Å². The van der Waals surface area contributed by atoms with Crippen LogP contribution in [-0.2, 0) is 0 Å². The summed E-state index contributed by atoms with van der Waals surface area (Å²) in [5, 5.41) is 12.1. The van der Waals surface area contributed by atoms with Gasteiger partial charge < -0.3 is 13.9 Å². The minimum absolute atomic E-state index is 0.888. The molecule has 13 rings (SSSR count). The van der Waals surface area contributed by atoms with Crippen LogP contribution >= 0.6 is 0 Å². The molecule has 2 heterocycles. The quantitative estimate of drug-likeness (QED) is 0.156. The van der Waals surface area contributed by atoms with Gasteiger partial charge in [0, 0.05) is 49.7 Å². The molecule has 3 heteroatoms. The first kappa shape index (κ1) is 35.4. The van der Waals surface area contributed by atoms with Gasteiger partial charge in [-0.2, -0.15) is 0 Å². The Bertz CT molecular complexity index is 3860. The van der Waals surface area contributed by atoms with Gasteiger partial charge in [-0.3, -0.25) is 0 Å². The third kappa shape index (κ3) is 5.60. The molecule has 2 aromatic heterocycles. The topological polar surface area (TPSA) is 21.3 Å². The van der Waals surface area contributed by atoms with E-state index < -0.39 is 0 Å². The normalized spacial score (nSPS) is 11.8. The van der Waals surface area contributed by atoms with E-state index in [-0.39, 0.29) is 0 Å². The van der Waals surface area contributed by atoms with Crippen LogP contribution in [0.25, 0.3) is 104 Å². The highest BCUT2D eigenvalue weighted by atomic mass is 16.3. The van der Waals surface area contributed by atoms with Crippen molar-refractivity contribution < 1.29 is 4.42 Å². The van der Waals surface area contributed by atoms with Crippen LogP contribution in [0.2, 0.25) is 0 Å². The fourth-order valence-electron chi connectivity index (χ4n) is 10.1. The van der Waals surface area contributed by atoms with Gasteiger partial charge in [-0.25, -0.2) is 0 Å². The van der Waals surface area contributed by atoms with Crippen LogP contribution in [-0.4, -0.2) is 4.57 Å². The highest BCUT2D eigenvalue weighted by molar-refractivity contribution is 6.19. The molecule has 0 radical (unpaired) electrons. The molecule has 0 aliphatic carbocycles. The van der Waals surface area contributed by atoms with Crippen molar-refractivity contribution in [1.82, 2.24) is 4.57 Å². The molecule has 0 amide bonds. The molecule has 294 valence electrons. The maximum Gasteiger partial charge on any atom is 0.143 e. The molecule has 0 atom stereocenters. The van der Waals surface area contributed by atoms with Crippen molar-refractivity contribution in [3.63, 3.8) is 0 Å². The van der Waals surface area contributed by atoms with Crippen LogP contribution < -0.4 is 4.90 Å². The molecule has 13 aromatic rings. The van der Waals surface area contributed by atoms with Gasteiger partial charge in [0.1, 0.15) is 11.2 Å². The Morgan fingerprint density at radius 3 is 1.65 bits per heavy atom. The second kappa shape index (κ2) is 14.1. The number of nitrogens with zero attached hydrogens (tertiary/aromatic N) is 2. The zero-order valence-corrected chi connectivity index (χ0v) is 34.2. The molecule has 0 unspecified atom stereocenters. The molecule has 0 bridgehead atoms. The van der Waals surface area contributed by atoms with Crippen LogP contribution in [0.5, 0.6) is 0 Å². The number of aromatic nitrogens is 1. The van der Waals surface area contributed by atoms with Crippen molar-refractivity contribution in [3.8, 4) is 27.9 Å². The fraction of sp³-hybridized carbons (Fsp3) is 0. The Balaban J connectivity index is 0.961. The van der Waals surface area contributed by atoms with Crippen LogP contribution in [0, 0.1) is 0 Å². The zero-order chi connectivity index (χ0) is 41.4. The molecular weight excluding hydrogens is 765 g/mol. The number of hydrogen-bond acceptors (Lipinski definition) is 2. The largest absolute Gasteiger partial charge is 0.455 e. The zero-order valence-electron chi connectivity index (χ0n) is 34.2. The van der Waals surface area contributed by atoms with Gasteiger partial charge in [-0.05, 0) is 122 Å². The third-order valence-corrected chi connectivity index (χ3v) is 13.0. The highest BCUT2D eigenvalue weighted by Crippen LogP contribution is 2.43. The van der Waals surface area contributed by atoms with Crippen LogP contribution in [0.1, 0.15) is 0 Å². The summed E-state index contributed by atoms with van der Waals surface area (Å²) in [5.74, 6) is 0. The van der Waals surface area contributed by atoms with Crippen LogP contribution in [0.15, 0.2) is 235 Å². The number of rotatable bonds is 6. The lowest BCUT2D eigenvalue weighted by molar-refractivity contribution is 0.673. The number of para-hydroxylation sites is 2. The maximum atomic E-state index is 6.62. The summed E-state index contributed by atoms with van der Waals surface area (Å²) in [6.45, 7) is 0. The minimum atomic E-state index is 0.888. The van der Waals surface area contributed by atoms with E-state index >= 15 is 0 Å². The number of anilines is 3. The lowest BCUT2D eigenvalue weighted by atomic mass is 9.94. The third-order valence-electron chi connectivity index (χ3n) is 13.0. The lowest BCUT2D eigenvalue weighted by Crippen LogP contribution is -2.10. The lowest BCUT2D eigenvalue weighted by Gasteiger charge is -2.26. The Labute approximate surface area is 363 Å². The summed E-state index contributed by atoms with van der Waals surface area (Å²) in [5.41, 5.74) is 13.2. The predicted octanol–water partition coefficient (Wildman–Crippen LogP) is 16.9. The van der Waals surface area contributed by atoms with Gasteiger partial charge in [0.25, 0.3) is 0 Å². The molecule has 3 nitrogen and oxygen atoms in total. The highest BCUT2D eigenvalue weighted by Gasteiger charge is 2.19. The molecule has 0 saturated heterocycles. The van der Waals surface area contributed by atoms with Crippen molar-refractivity contribution in [1.29, 1.82) is 0 Å². The van der Waals surface area contributed by atoms with Gasteiger partial charge in [0.15, 0.2) is 0 Å². The molecular formula is C60H38N2O. The summed E-state index contributed by atoms with van der Waals surface area (Å²) in [6.07, 6.45) is 0. The molecule has 0 N–H and O–H groups in total. The predicted molar refractivity (Wildman–Crippen MR) is 266 cm³/mol. The first-order valence-electron chi connectivity index (χ1n) is 21.6. The number of fused-ring (bicyclic) bond motifs is 11. The number of hydrogen-bond donors (Lipinski definition) is 0. The summed E-state index contributed by atoms with van der Waals surface area (Å²) < 4.78 is 9.00. The van der Waals surface area contributed by atoms with E-state index in [1.807, 2.05) is 0 Å². The van der Waals surface area contributed by atoms with E-state index in [0.717, 1.165) is 61.2 Å². The Kier molecular flexibility index (Phi) is 7.91. The van der Waals surface area contributed by atoms with Crippen LogP contribution in [0.4, 0.5) is 17.1 Å². The molecule has 11 aromatic carbocycles. The van der Waals surface area contributed by atoms with Crippen molar-refractivity contribution in [2.24, 2.45) is 0 Å². The maximum absolute atomic E-state index is 6.62. The monoisotopic (exact) mass is 802 g/mol. The molecule has 0 aliphatic rings.